The first-order valence-electron chi connectivity index (χ1n) is 5.39. The highest BCUT2D eigenvalue weighted by atomic mass is 16.3. The van der Waals surface area contributed by atoms with Crippen LogP contribution in [0, 0.1) is 5.41 Å². The molecule has 1 rings (SSSR count). The van der Waals surface area contributed by atoms with Crippen LogP contribution < -0.4 is 0 Å². The Hall–Kier alpha value is -0.0800. The van der Waals surface area contributed by atoms with Gasteiger partial charge in [0.05, 0.1) is 6.10 Å². The van der Waals surface area contributed by atoms with Crippen LogP contribution in [0.1, 0.15) is 40.5 Å². The Labute approximate surface area is 81.9 Å². The van der Waals surface area contributed by atoms with Crippen LogP contribution in [0.3, 0.4) is 0 Å². The van der Waals surface area contributed by atoms with Crippen LogP contribution in [0.5, 0.6) is 0 Å². The molecule has 1 saturated heterocycles. The summed E-state index contributed by atoms with van der Waals surface area (Å²) < 4.78 is 0. The third-order valence-corrected chi connectivity index (χ3v) is 3.25. The summed E-state index contributed by atoms with van der Waals surface area (Å²) in [6, 6.07) is 0.626. The first kappa shape index (κ1) is 11.0. The second-order valence-electron chi connectivity index (χ2n) is 5.07. The van der Waals surface area contributed by atoms with Gasteiger partial charge in [-0.2, -0.15) is 0 Å². The maximum absolute atomic E-state index is 9.80. The molecule has 2 heteroatoms. The molecule has 13 heavy (non-hydrogen) atoms. The average molecular weight is 185 g/mol. The molecule has 0 amide bonds. The van der Waals surface area contributed by atoms with Crippen molar-refractivity contribution in [3.8, 4) is 0 Å². The smallest absolute Gasteiger partial charge is 0.0730 e. The summed E-state index contributed by atoms with van der Waals surface area (Å²) >= 11 is 0. The van der Waals surface area contributed by atoms with Crippen molar-refractivity contribution in [1.82, 2.24) is 4.90 Å². The van der Waals surface area contributed by atoms with E-state index in [1.807, 2.05) is 0 Å². The monoisotopic (exact) mass is 185 g/mol. The Morgan fingerprint density at radius 1 is 1.54 bits per heavy atom. The minimum atomic E-state index is -0.146. The predicted octanol–water partition coefficient (Wildman–Crippen LogP) is 1.88. The van der Waals surface area contributed by atoms with E-state index in [0.717, 1.165) is 13.1 Å². The molecule has 78 valence electrons. The van der Waals surface area contributed by atoms with Gasteiger partial charge in [0.15, 0.2) is 0 Å². The third-order valence-electron chi connectivity index (χ3n) is 3.25. The van der Waals surface area contributed by atoms with Crippen molar-refractivity contribution in [2.45, 2.75) is 52.7 Å². The molecule has 2 atom stereocenters. The highest BCUT2D eigenvalue weighted by Crippen LogP contribution is 2.31. The molecule has 0 aromatic heterocycles. The van der Waals surface area contributed by atoms with Gasteiger partial charge >= 0.3 is 0 Å². The fourth-order valence-electron chi connectivity index (χ4n) is 2.10. The maximum Gasteiger partial charge on any atom is 0.0730 e. The van der Waals surface area contributed by atoms with E-state index in [1.165, 1.54) is 12.8 Å². The molecule has 1 heterocycles. The fraction of sp³-hybridized carbons (Fsp3) is 1.00. The van der Waals surface area contributed by atoms with E-state index < -0.39 is 0 Å². The van der Waals surface area contributed by atoms with E-state index >= 15 is 0 Å². The number of aliphatic hydroxyl groups excluding tert-OH is 1. The van der Waals surface area contributed by atoms with Crippen molar-refractivity contribution >= 4 is 0 Å². The highest BCUT2D eigenvalue weighted by molar-refractivity contribution is 4.92. The number of nitrogens with zero attached hydrogens (tertiary/aromatic N) is 1. The Bertz CT molecular complexity index is 167. The largest absolute Gasteiger partial charge is 0.391 e. The number of likely N-dealkylation sites (tertiary alicyclic amines) is 1. The molecule has 0 spiro atoms. The Balaban J connectivity index is 2.48. The molecule has 0 radical (unpaired) electrons. The predicted molar refractivity (Wildman–Crippen MR) is 55.7 cm³/mol. The minimum absolute atomic E-state index is 0.0853. The lowest BCUT2D eigenvalue weighted by molar-refractivity contribution is 0.0950. The lowest BCUT2D eigenvalue weighted by Gasteiger charge is -2.25. The van der Waals surface area contributed by atoms with Crippen molar-refractivity contribution in [2.75, 3.05) is 13.1 Å². The van der Waals surface area contributed by atoms with Crippen LogP contribution in [0.2, 0.25) is 0 Å². The topological polar surface area (TPSA) is 23.5 Å². The highest BCUT2D eigenvalue weighted by Gasteiger charge is 2.39. The Morgan fingerprint density at radius 2 is 2.15 bits per heavy atom. The van der Waals surface area contributed by atoms with Crippen LogP contribution in [-0.4, -0.2) is 35.2 Å². The summed E-state index contributed by atoms with van der Waals surface area (Å²) in [5.41, 5.74) is 0.0853. The molecule has 2 nitrogen and oxygen atoms in total. The normalized spacial score (nSPS) is 30.7. The van der Waals surface area contributed by atoms with E-state index in [-0.39, 0.29) is 11.5 Å². The lowest BCUT2D eigenvalue weighted by Crippen LogP contribution is -2.32. The van der Waals surface area contributed by atoms with Gasteiger partial charge in [-0.15, -0.1) is 0 Å². The quantitative estimate of drug-likeness (QED) is 0.725. The van der Waals surface area contributed by atoms with Gasteiger partial charge in [-0.3, -0.25) is 4.90 Å². The zero-order valence-corrected chi connectivity index (χ0v) is 9.38. The number of β-amino-alcohol motifs (C(OH)–C–C–N with tert-alkyl or cyclic N) is 1. The van der Waals surface area contributed by atoms with E-state index in [9.17, 15) is 5.11 Å². The van der Waals surface area contributed by atoms with Crippen LogP contribution >= 0.6 is 0 Å². The van der Waals surface area contributed by atoms with Crippen molar-refractivity contribution in [1.29, 1.82) is 0 Å². The van der Waals surface area contributed by atoms with E-state index in [1.54, 1.807) is 0 Å². The van der Waals surface area contributed by atoms with Gasteiger partial charge < -0.3 is 5.11 Å². The zero-order chi connectivity index (χ0) is 10.1. The summed E-state index contributed by atoms with van der Waals surface area (Å²) in [5, 5.41) is 9.80. The molecular formula is C11H23NO. The van der Waals surface area contributed by atoms with Crippen molar-refractivity contribution < 1.29 is 5.11 Å². The zero-order valence-electron chi connectivity index (χ0n) is 9.38. The van der Waals surface area contributed by atoms with Gasteiger partial charge in [0.25, 0.3) is 0 Å². The molecular weight excluding hydrogens is 162 g/mol. The van der Waals surface area contributed by atoms with E-state index in [4.69, 9.17) is 0 Å². The van der Waals surface area contributed by atoms with Crippen molar-refractivity contribution in [3.63, 3.8) is 0 Å². The van der Waals surface area contributed by atoms with Crippen LogP contribution in [0.15, 0.2) is 0 Å². The maximum atomic E-state index is 9.80. The lowest BCUT2D eigenvalue weighted by atomic mass is 9.90. The van der Waals surface area contributed by atoms with Gasteiger partial charge in [0, 0.05) is 24.5 Å². The second kappa shape index (κ2) is 3.97. The van der Waals surface area contributed by atoms with Gasteiger partial charge in [-0.05, 0) is 13.3 Å². The molecule has 0 saturated carbocycles. The molecule has 1 N–H and O–H groups in total. The average Bonchev–Trinajstić information content (AvgIpc) is 2.27. The van der Waals surface area contributed by atoms with Crippen molar-refractivity contribution in [3.05, 3.63) is 0 Å². The van der Waals surface area contributed by atoms with Gasteiger partial charge in [-0.25, -0.2) is 0 Å². The molecule has 1 aliphatic rings. The fourth-order valence-corrected chi connectivity index (χ4v) is 2.10. The Kier molecular flexibility index (Phi) is 3.36. The molecule has 2 unspecified atom stereocenters. The number of hydrogen-bond donors (Lipinski definition) is 1. The minimum Gasteiger partial charge on any atom is -0.391 e. The van der Waals surface area contributed by atoms with Gasteiger partial charge in [0.1, 0.15) is 0 Å². The second-order valence-corrected chi connectivity index (χ2v) is 5.07. The van der Waals surface area contributed by atoms with Crippen LogP contribution in [0.4, 0.5) is 0 Å². The summed E-state index contributed by atoms with van der Waals surface area (Å²) in [4.78, 5) is 2.41. The van der Waals surface area contributed by atoms with Crippen LogP contribution in [0.25, 0.3) is 0 Å². The number of rotatable bonds is 3. The summed E-state index contributed by atoms with van der Waals surface area (Å²) in [6.07, 6.45) is 2.32. The SMILES string of the molecule is CCCC(C)N1CC(O)C(C)(C)C1. The molecule has 0 aliphatic carbocycles. The summed E-state index contributed by atoms with van der Waals surface area (Å²) in [6.45, 7) is 10.7. The number of aliphatic hydroxyl groups is 1. The molecule has 1 fully saturated rings. The van der Waals surface area contributed by atoms with Crippen LogP contribution in [-0.2, 0) is 0 Å². The standard InChI is InChI=1S/C11H23NO/c1-5-6-9(2)12-7-10(13)11(3,4)8-12/h9-10,13H,5-8H2,1-4H3. The first-order chi connectivity index (χ1) is 5.97. The summed E-state index contributed by atoms with van der Waals surface area (Å²) in [7, 11) is 0. The molecule has 0 aromatic carbocycles. The molecule has 0 bridgehead atoms. The van der Waals surface area contributed by atoms with Gasteiger partial charge in [0.2, 0.25) is 0 Å². The summed E-state index contributed by atoms with van der Waals surface area (Å²) in [5.74, 6) is 0. The van der Waals surface area contributed by atoms with Crippen molar-refractivity contribution in [2.24, 2.45) is 5.41 Å². The molecule has 0 aromatic rings. The Morgan fingerprint density at radius 3 is 2.54 bits per heavy atom. The number of hydrogen-bond acceptors (Lipinski definition) is 2. The third kappa shape index (κ3) is 2.44. The van der Waals surface area contributed by atoms with E-state index in [2.05, 4.69) is 32.6 Å². The molecule has 1 aliphatic heterocycles. The first-order valence-corrected chi connectivity index (χ1v) is 5.39. The van der Waals surface area contributed by atoms with E-state index in [0.29, 0.717) is 6.04 Å². The van der Waals surface area contributed by atoms with Gasteiger partial charge in [-0.1, -0.05) is 27.2 Å².